The number of benzene rings is 1. The Hall–Kier alpha value is -0.820. The molecular formula is C12H17N. The van der Waals surface area contributed by atoms with Gasteiger partial charge in [0.2, 0.25) is 0 Å². The van der Waals surface area contributed by atoms with E-state index in [1.807, 2.05) is 36.4 Å². The number of hydrogen-bond donors (Lipinski definition) is 1. The lowest BCUT2D eigenvalue weighted by Gasteiger charge is -2.01. The van der Waals surface area contributed by atoms with Crippen LogP contribution in [0.5, 0.6) is 0 Å². The summed E-state index contributed by atoms with van der Waals surface area (Å²) < 4.78 is 0. The highest BCUT2D eigenvalue weighted by molar-refractivity contribution is 5.04. The first-order valence-corrected chi connectivity index (χ1v) is 5.16. The lowest BCUT2D eigenvalue weighted by atomic mass is 10.2. The van der Waals surface area contributed by atoms with Gasteiger partial charge in [0.25, 0.3) is 0 Å². The maximum absolute atomic E-state index is 3.51. The molecule has 0 radical (unpaired) electrons. The van der Waals surface area contributed by atoms with Crippen LogP contribution in [-0.2, 0) is 0 Å². The molecule has 1 aliphatic carbocycles. The van der Waals surface area contributed by atoms with Crippen molar-refractivity contribution in [2.45, 2.75) is 31.2 Å². The van der Waals surface area contributed by atoms with Crippen LogP contribution in [0.4, 0.5) is 0 Å². The molecule has 1 nitrogen and oxygen atoms in total. The molecule has 1 heterocycles. The number of nitrogens with one attached hydrogen (secondary N) is 1. The molecule has 2 fully saturated rings. The molecular weight excluding hydrogens is 158 g/mol. The van der Waals surface area contributed by atoms with Gasteiger partial charge in [0.05, 0.1) is 0 Å². The minimum Gasteiger partial charge on any atom is -0.311 e. The van der Waals surface area contributed by atoms with Crippen molar-refractivity contribution in [2.24, 2.45) is 0 Å². The van der Waals surface area contributed by atoms with Crippen molar-refractivity contribution in [1.29, 1.82) is 0 Å². The second-order valence-corrected chi connectivity index (χ2v) is 3.97. The summed E-state index contributed by atoms with van der Waals surface area (Å²) in [5, 5.41) is 3.51. The standard InChI is InChI=1S/C6H11N.C6H6/c1-2-6(3-4-6)7-5-1;1-2-4-6-5-3-1/h7H,1-5H2;1-6H. The summed E-state index contributed by atoms with van der Waals surface area (Å²) >= 11 is 0. The molecule has 1 saturated heterocycles. The summed E-state index contributed by atoms with van der Waals surface area (Å²) in [6.07, 6.45) is 5.77. The predicted octanol–water partition coefficient (Wildman–Crippen LogP) is 2.59. The molecule has 0 unspecified atom stereocenters. The summed E-state index contributed by atoms with van der Waals surface area (Å²) in [5.41, 5.74) is 0.694. The number of rotatable bonds is 0. The molecule has 0 amide bonds. The second-order valence-electron chi connectivity index (χ2n) is 3.97. The molecule has 2 aliphatic rings. The Morgan fingerprint density at radius 2 is 1.31 bits per heavy atom. The molecule has 1 aliphatic heterocycles. The van der Waals surface area contributed by atoms with Crippen molar-refractivity contribution < 1.29 is 0 Å². The van der Waals surface area contributed by atoms with Gasteiger partial charge in [0, 0.05) is 5.54 Å². The van der Waals surface area contributed by atoms with E-state index in [1.165, 1.54) is 32.2 Å². The van der Waals surface area contributed by atoms with Gasteiger partial charge in [-0.05, 0) is 32.2 Å². The van der Waals surface area contributed by atoms with Crippen molar-refractivity contribution in [3.8, 4) is 0 Å². The molecule has 13 heavy (non-hydrogen) atoms. The molecule has 1 heteroatoms. The first-order valence-electron chi connectivity index (χ1n) is 5.16. The van der Waals surface area contributed by atoms with Crippen molar-refractivity contribution in [2.75, 3.05) is 6.54 Å². The summed E-state index contributed by atoms with van der Waals surface area (Å²) in [4.78, 5) is 0. The minimum atomic E-state index is 0.694. The quantitative estimate of drug-likeness (QED) is 0.639. The average Bonchev–Trinajstić information content (AvgIpc) is 2.78. The van der Waals surface area contributed by atoms with Crippen LogP contribution >= 0.6 is 0 Å². The lowest BCUT2D eigenvalue weighted by Crippen LogP contribution is -2.22. The predicted molar refractivity (Wildman–Crippen MR) is 55.6 cm³/mol. The van der Waals surface area contributed by atoms with E-state index in [0.29, 0.717) is 5.54 Å². The smallest absolute Gasteiger partial charge is 0.0183 e. The zero-order chi connectivity index (χ0) is 8.99. The van der Waals surface area contributed by atoms with Crippen molar-refractivity contribution in [3.05, 3.63) is 36.4 Å². The van der Waals surface area contributed by atoms with Crippen LogP contribution in [0, 0.1) is 0 Å². The second kappa shape index (κ2) is 3.93. The lowest BCUT2D eigenvalue weighted by molar-refractivity contribution is 0.601. The molecule has 0 atom stereocenters. The molecule has 1 saturated carbocycles. The molecule has 1 aromatic rings. The van der Waals surface area contributed by atoms with Crippen molar-refractivity contribution in [3.63, 3.8) is 0 Å². The van der Waals surface area contributed by atoms with E-state index >= 15 is 0 Å². The van der Waals surface area contributed by atoms with E-state index in [1.54, 1.807) is 0 Å². The molecule has 70 valence electrons. The molecule has 0 aromatic heterocycles. The van der Waals surface area contributed by atoms with Gasteiger partial charge in [0.1, 0.15) is 0 Å². The Balaban J connectivity index is 0.000000102. The van der Waals surface area contributed by atoms with E-state index in [0.717, 1.165) is 0 Å². The zero-order valence-corrected chi connectivity index (χ0v) is 8.00. The van der Waals surface area contributed by atoms with Gasteiger partial charge in [-0.3, -0.25) is 0 Å². The van der Waals surface area contributed by atoms with Crippen LogP contribution in [0.1, 0.15) is 25.7 Å². The van der Waals surface area contributed by atoms with Crippen LogP contribution < -0.4 is 5.32 Å². The Bertz CT molecular complexity index is 204. The topological polar surface area (TPSA) is 12.0 Å². The molecule has 3 rings (SSSR count). The van der Waals surface area contributed by atoms with Gasteiger partial charge in [-0.1, -0.05) is 36.4 Å². The van der Waals surface area contributed by atoms with E-state index in [4.69, 9.17) is 0 Å². The van der Waals surface area contributed by atoms with Crippen molar-refractivity contribution >= 4 is 0 Å². The highest BCUT2D eigenvalue weighted by Crippen LogP contribution is 2.42. The highest BCUT2D eigenvalue weighted by atomic mass is 15.0. The Morgan fingerprint density at radius 1 is 0.769 bits per heavy atom. The first-order chi connectivity index (χ1) is 6.41. The fraction of sp³-hybridized carbons (Fsp3) is 0.500. The van der Waals surface area contributed by atoms with E-state index in [-0.39, 0.29) is 0 Å². The van der Waals surface area contributed by atoms with Crippen LogP contribution in [0.2, 0.25) is 0 Å². The Morgan fingerprint density at radius 3 is 1.54 bits per heavy atom. The van der Waals surface area contributed by atoms with Gasteiger partial charge >= 0.3 is 0 Å². The highest BCUT2D eigenvalue weighted by Gasteiger charge is 2.43. The fourth-order valence-electron chi connectivity index (χ4n) is 1.83. The van der Waals surface area contributed by atoms with Crippen LogP contribution in [0.3, 0.4) is 0 Å². The summed E-state index contributed by atoms with van der Waals surface area (Å²) in [5.74, 6) is 0. The maximum atomic E-state index is 3.51. The van der Waals surface area contributed by atoms with Crippen LogP contribution in [0.25, 0.3) is 0 Å². The fourth-order valence-corrected chi connectivity index (χ4v) is 1.83. The van der Waals surface area contributed by atoms with E-state index in [9.17, 15) is 0 Å². The minimum absolute atomic E-state index is 0.694. The average molecular weight is 175 g/mol. The first kappa shape index (κ1) is 8.76. The molecule has 1 N–H and O–H groups in total. The molecule has 0 bridgehead atoms. The van der Waals surface area contributed by atoms with Gasteiger partial charge in [0.15, 0.2) is 0 Å². The molecule has 1 spiro atoms. The third-order valence-electron chi connectivity index (χ3n) is 2.85. The largest absolute Gasteiger partial charge is 0.311 e. The van der Waals surface area contributed by atoms with Crippen LogP contribution in [-0.4, -0.2) is 12.1 Å². The summed E-state index contributed by atoms with van der Waals surface area (Å²) in [6.45, 7) is 1.28. The summed E-state index contributed by atoms with van der Waals surface area (Å²) in [6, 6.07) is 12.0. The third-order valence-corrected chi connectivity index (χ3v) is 2.85. The van der Waals surface area contributed by atoms with Gasteiger partial charge < -0.3 is 5.32 Å². The normalized spacial score (nSPS) is 22.2. The van der Waals surface area contributed by atoms with E-state index < -0.39 is 0 Å². The SMILES string of the molecule is C1CNC2(C1)CC2.c1ccccc1. The number of hydrogen-bond acceptors (Lipinski definition) is 1. The van der Waals surface area contributed by atoms with Gasteiger partial charge in [-0.2, -0.15) is 0 Å². The Kier molecular flexibility index (Phi) is 2.65. The zero-order valence-electron chi connectivity index (χ0n) is 8.00. The third kappa shape index (κ3) is 2.56. The maximum Gasteiger partial charge on any atom is 0.0183 e. The monoisotopic (exact) mass is 175 g/mol. The van der Waals surface area contributed by atoms with Gasteiger partial charge in [-0.15, -0.1) is 0 Å². The van der Waals surface area contributed by atoms with E-state index in [2.05, 4.69) is 5.32 Å². The van der Waals surface area contributed by atoms with Gasteiger partial charge in [-0.25, -0.2) is 0 Å². The van der Waals surface area contributed by atoms with Crippen molar-refractivity contribution in [1.82, 2.24) is 5.32 Å². The van der Waals surface area contributed by atoms with Crippen LogP contribution in [0.15, 0.2) is 36.4 Å². The molecule has 1 aromatic carbocycles. The Labute approximate surface area is 80.2 Å². The summed E-state index contributed by atoms with van der Waals surface area (Å²) in [7, 11) is 0.